The highest BCUT2D eigenvalue weighted by atomic mass is 31.2. The van der Waals surface area contributed by atoms with E-state index in [-0.39, 0.29) is 12.4 Å². The molecule has 2 atom stereocenters. The summed E-state index contributed by atoms with van der Waals surface area (Å²) in [7, 11) is -2.32. The average molecular weight is 596 g/mol. The van der Waals surface area contributed by atoms with Gasteiger partial charge in [-0.25, -0.2) is 13.7 Å². The van der Waals surface area contributed by atoms with E-state index in [1.54, 1.807) is 12.1 Å². The van der Waals surface area contributed by atoms with Gasteiger partial charge in [-0.3, -0.25) is 9.42 Å². The van der Waals surface area contributed by atoms with E-state index in [4.69, 9.17) is 18.5 Å². The summed E-state index contributed by atoms with van der Waals surface area (Å²) in [4.78, 5) is 10.2. The summed E-state index contributed by atoms with van der Waals surface area (Å²) in [6.07, 6.45) is 24.0. The van der Waals surface area contributed by atoms with Gasteiger partial charge in [-0.15, -0.1) is 0 Å². The number of benzene rings is 1. The van der Waals surface area contributed by atoms with E-state index in [0.29, 0.717) is 26.4 Å². The van der Waals surface area contributed by atoms with Crippen LogP contribution in [0.15, 0.2) is 43.0 Å². The molecule has 1 heterocycles. The molecular formula is C32H56N2O6P+. The van der Waals surface area contributed by atoms with E-state index in [0.717, 1.165) is 18.4 Å². The normalized spacial score (nSPS) is 13.8. The lowest BCUT2D eigenvalue weighted by atomic mass is 10.0. The molecule has 2 unspecified atom stereocenters. The fraction of sp³-hybridized carbons (Fsp3) is 0.719. The second-order valence-corrected chi connectivity index (χ2v) is 12.4. The molecule has 0 fully saturated rings. The van der Waals surface area contributed by atoms with Gasteiger partial charge in [0.1, 0.15) is 30.8 Å². The predicted molar refractivity (Wildman–Crippen MR) is 164 cm³/mol. The molecule has 0 spiro atoms. The number of hydrogen-bond acceptors (Lipinski definition) is 5. The van der Waals surface area contributed by atoms with Crippen molar-refractivity contribution in [3.8, 4) is 5.75 Å². The van der Waals surface area contributed by atoms with Gasteiger partial charge in [-0.2, -0.15) is 0 Å². The quantitative estimate of drug-likeness (QED) is 0.0680. The Morgan fingerprint density at radius 2 is 1.44 bits per heavy atom. The molecule has 0 aliphatic rings. The van der Waals surface area contributed by atoms with Crippen LogP contribution in [0, 0.1) is 0 Å². The van der Waals surface area contributed by atoms with Crippen LogP contribution in [-0.2, 0) is 32.2 Å². The second-order valence-electron chi connectivity index (χ2n) is 11.0. The van der Waals surface area contributed by atoms with Crippen LogP contribution in [0.4, 0.5) is 0 Å². The molecule has 1 N–H and O–H groups in total. The number of hydrogen-bond donors (Lipinski definition) is 1. The molecule has 0 aliphatic heterocycles. The second kappa shape index (κ2) is 21.9. The zero-order chi connectivity index (χ0) is 29.6. The van der Waals surface area contributed by atoms with Crippen LogP contribution in [-0.4, -0.2) is 42.0 Å². The van der Waals surface area contributed by atoms with Crippen LogP contribution in [0.2, 0.25) is 0 Å². The number of rotatable bonds is 26. The number of phosphoric ester groups is 1. The molecule has 2 aromatic rings. The minimum Gasteiger partial charge on any atom is -0.404 e. The molecular weight excluding hydrogens is 539 g/mol. The van der Waals surface area contributed by atoms with Crippen LogP contribution in [0.1, 0.15) is 109 Å². The van der Waals surface area contributed by atoms with Crippen LogP contribution >= 0.6 is 7.82 Å². The summed E-state index contributed by atoms with van der Waals surface area (Å²) < 4.78 is 38.4. The molecule has 41 heavy (non-hydrogen) atoms. The Morgan fingerprint density at radius 1 is 0.854 bits per heavy atom. The van der Waals surface area contributed by atoms with Gasteiger partial charge in [0, 0.05) is 13.2 Å². The van der Waals surface area contributed by atoms with Gasteiger partial charge in [0.05, 0.1) is 20.3 Å². The lowest BCUT2D eigenvalue weighted by Crippen LogP contribution is -2.26. The molecule has 0 bridgehead atoms. The maximum Gasteiger partial charge on any atom is 0.527 e. The van der Waals surface area contributed by atoms with E-state index in [9.17, 15) is 9.46 Å². The van der Waals surface area contributed by atoms with E-state index >= 15 is 0 Å². The van der Waals surface area contributed by atoms with Gasteiger partial charge < -0.3 is 14.0 Å². The first-order valence-corrected chi connectivity index (χ1v) is 17.4. The number of nitrogens with zero attached hydrogens (tertiary/aromatic N) is 2. The number of aryl methyl sites for hydroxylation is 1. The Bertz CT molecular complexity index is 952. The van der Waals surface area contributed by atoms with Crippen molar-refractivity contribution in [3.05, 3.63) is 48.5 Å². The van der Waals surface area contributed by atoms with E-state index < -0.39 is 13.9 Å². The maximum atomic E-state index is 12.5. The Hall–Kier alpha value is -1.70. The molecule has 2 rings (SSSR count). The van der Waals surface area contributed by atoms with Crippen molar-refractivity contribution < 1.29 is 32.5 Å². The molecule has 0 saturated heterocycles. The van der Waals surface area contributed by atoms with Crippen molar-refractivity contribution in [1.29, 1.82) is 0 Å². The third-order valence-electron chi connectivity index (χ3n) is 7.10. The van der Waals surface area contributed by atoms with Crippen LogP contribution in [0.25, 0.3) is 0 Å². The maximum absolute atomic E-state index is 12.5. The van der Waals surface area contributed by atoms with Crippen molar-refractivity contribution >= 4 is 7.82 Å². The van der Waals surface area contributed by atoms with Gasteiger partial charge >= 0.3 is 7.82 Å². The van der Waals surface area contributed by atoms with Gasteiger partial charge in [-0.05, 0) is 31.0 Å². The van der Waals surface area contributed by atoms with Gasteiger partial charge in [0.15, 0.2) is 0 Å². The Morgan fingerprint density at radius 3 is 1.98 bits per heavy atom. The van der Waals surface area contributed by atoms with E-state index in [2.05, 4.69) is 6.92 Å². The topological polar surface area (TPSA) is 83.0 Å². The summed E-state index contributed by atoms with van der Waals surface area (Å²) in [5, 5.41) is 0. The lowest BCUT2D eigenvalue weighted by Gasteiger charge is -2.19. The van der Waals surface area contributed by atoms with Gasteiger partial charge in [0.25, 0.3) is 0 Å². The highest BCUT2D eigenvalue weighted by molar-refractivity contribution is 7.47. The van der Waals surface area contributed by atoms with Crippen molar-refractivity contribution in [2.75, 3.05) is 26.4 Å². The summed E-state index contributed by atoms with van der Waals surface area (Å²) in [6, 6.07) is 7.07. The van der Waals surface area contributed by atoms with Crippen LogP contribution in [0.3, 0.4) is 0 Å². The number of aromatic nitrogens is 2. The summed E-state index contributed by atoms with van der Waals surface area (Å²) >= 11 is 0. The van der Waals surface area contributed by atoms with Crippen molar-refractivity contribution in [3.63, 3.8) is 0 Å². The number of imidazole rings is 1. The Kier molecular flexibility index (Phi) is 19.0. The van der Waals surface area contributed by atoms with Crippen LogP contribution < -0.4 is 9.09 Å². The SMILES string of the molecule is CCCCCCCCCCCCCCCCOCC(COP(=O)(O)Oc1ccc(Cn2cc[n+](C)c2)cc1)OCC. The number of phosphoric acid groups is 1. The molecule has 0 saturated carbocycles. The molecule has 8 nitrogen and oxygen atoms in total. The summed E-state index contributed by atoms with van der Waals surface area (Å²) in [6.45, 7) is 6.21. The summed E-state index contributed by atoms with van der Waals surface area (Å²) in [5.74, 6) is 0.277. The molecule has 234 valence electrons. The lowest BCUT2D eigenvalue weighted by molar-refractivity contribution is -0.671. The first kappa shape index (κ1) is 35.5. The first-order valence-electron chi connectivity index (χ1n) is 15.9. The average Bonchev–Trinajstić information content (AvgIpc) is 3.36. The first-order chi connectivity index (χ1) is 19.9. The molecule has 0 aliphatic carbocycles. The smallest absolute Gasteiger partial charge is 0.404 e. The predicted octanol–water partition coefficient (Wildman–Crippen LogP) is 7.76. The third kappa shape index (κ3) is 17.8. The minimum atomic E-state index is -4.29. The highest BCUT2D eigenvalue weighted by Gasteiger charge is 2.25. The molecule has 9 heteroatoms. The Balaban J connectivity index is 1.51. The van der Waals surface area contributed by atoms with Gasteiger partial charge in [-0.1, -0.05) is 103 Å². The molecule has 1 aromatic heterocycles. The molecule has 0 radical (unpaired) electrons. The third-order valence-corrected chi connectivity index (χ3v) is 8.02. The minimum absolute atomic E-state index is 0.0803. The number of unbranched alkanes of at least 4 members (excludes halogenated alkanes) is 13. The fourth-order valence-corrected chi connectivity index (χ4v) is 5.59. The monoisotopic (exact) mass is 595 g/mol. The largest absolute Gasteiger partial charge is 0.527 e. The standard InChI is InChI=1S/C32H55N2O6P/c1-4-6-7-8-9-10-11-12-13-14-15-16-17-18-25-37-27-32(38-5-2)28-39-41(35,36)40-31-21-19-30(20-22-31)26-34-24-23-33(3)29-34/h19-24,29,32H,4-18,25-28H2,1-3H3/p+1. The van der Waals surface area contributed by atoms with Crippen LogP contribution in [0.5, 0.6) is 5.75 Å². The van der Waals surface area contributed by atoms with E-state index in [1.807, 2.05) is 54.0 Å². The van der Waals surface area contributed by atoms with Crippen molar-refractivity contribution in [2.45, 2.75) is 116 Å². The summed E-state index contributed by atoms with van der Waals surface area (Å²) in [5.41, 5.74) is 1.05. The zero-order valence-corrected chi connectivity index (χ0v) is 26.8. The van der Waals surface area contributed by atoms with Crippen molar-refractivity contribution in [1.82, 2.24) is 4.57 Å². The number of ether oxygens (including phenoxy) is 2. The van der Waals surface area contributed by atoms with Gasteiger partial charge in [0.2, 0.25) is 6.33 Å². The highest BCUT2D eigenvalue weighted by Crippen LogP contribution is 2.44. The fourth-order valence-electron chi connectivity index (χ4n) is 4.79. The molecule has 0 amide bonds. The van der Waals surface area contributed by atoms with E-state index in [1.165, 1.54) is 77.0 Å². The Labute approximate surface area is 249 Å². The molecule has 1 aromatic carbocycles. The van der Waals surface area contributed by atoms with Crippen molar-refractivity contribution in [2.24, 2.45) is 7.05 Å². The zero-order valence-electron chi connectivity index (χ0n) is 25.9.